The van der Waals surface area contributed by atoms with E-state index in [9.17, 15) is 0 Å². The smallest absolute Gasteiger partial charge is 0.134 e. The van der Waals surface area contributed by atoms with Crippen molar-refractivity contribution in [1.82, 2.24) is 0 Å². The molecule has 0 saturated carbocycles. The fourth-order valence-electron chi connectivity index (χ4n) is 1.24. The van der Waals surface area contributed by atoms with Gasteiger partial charge in [-0.1, -0.05) is 17.9 Å². The quantitative estimate of drug-likeness (QED) is 0.792. The second-order valence-corrected chi connectivity index (χ2v) is 3.79. The van der Waals surface area contributed by atoms with E-state index in [-0.39, 0.29) is 6.61 Å². The van der Waals surface area contributed by atoms with E-state index in [0.29, 0.717) is 0 Å². The van der Waals surface area contributed by atoms with Crippen molar-refractivity contribution in [3.63, 3.8) is 0 Å². The van der Waals surface area contributed by atoms with E-state index < -0.39 is 0 Å². The summed E-state index contributed by atoms with van der Waals surface area (Å²) in [5.41, 5.74) is 2.05. The third-order valence-electron chi connectivity index (χ3n) is 1.88. The van der Waals surface area contributed by atoms with E-state index >= 15 is 0 Å². The molecule has 15 heavy (non-hydrogen) atoms. The van der Waals surface area contributed by atoms with Gasteiger partial charge >= 0.3 is 0 Å². The molecule has 0 aliphatic rings. The summed E-state index contributed by atoms with van der Waals surface area (Å²) in [5, 5.41) is 8.65. The lowest BCUT2D eigenvalue weighted by Crippen LogP contribution is -1.90. The zero-order chi connectivity index (χ0) is 11.1. The SMILES string of the molecule is COc1ccc(CSC)cc1C#CCO. The van der Waals surface area contributed by atoms with Crippen LogP contribution in [0.25, 0.3) is 0 Å². The zero-order valence-electron chi connectivity index (χ0n) is 8.91. The number of ether oxygens (including phenoxy) is 1. The summed E-state index contributed by atoms with van der Waals surface area (Å²) in [6.07, 6.45) is 2.06. The molecule has 1 rings (SSSR count). The lowest BCUT2D eigenvalue weighted by Gasteiger charge is -2.05. The molecule has 0 amide bonds. The molecule has 0 heterocycles. The lowest BCUT2D eigenvalue weighted by atomic mass is 10.1. The van der Waals surface area contributed by atoms with Gasteiger partial charge in [-0.15, -0.1) is 0 Å². The number of rotatable bonds is 3. The van der Waals surface area contributed by atoms with Crippen LogP contribution in [0.2, 0.25) is 0 Å². The Morgan fingerprint density at radius 3 is 2.87 bits per heavy atom. The first-order chi connectivity index (χ1) is 7.31. The number of benzene rings is 1. The molecule has 0 aliphatic heterocycles. The van der Waals surface area contributed by atoms with Gasteiger partial charge in [-0.3, -0.25) is 0 Å². The number of methoxy groups -OCH3 is 1. The molecule has 1 aromatic carbocycles. The highest BCUT2D eigenvalue weighted by Crippen LogP contribution is 2.20. The van der Waals surface area contributed by atoms with Crippen LogP contribution in [0.15, 0.2) is 18.2 Å². The third-order valence-corrected chi connectivity index (χ3v) is 2.50. The molecule has 0 spiro atoms. The summed E-state index contributed by atoms with van der Waals surface area (Å²) in [4.78, 5) is 0. The standard InChI is InChI=1S/C12H14O2S/c1-14-12-6-5-10(9-15-2)8-11(12)4-3-7-13/h5-6,8,13H,7,9H2,1-2H3. The second-order valence-electron chi connectivity index (χ2n) is 2.93. The van der Waals surface area contributed by atoms with Gasteiger partial charge < -0.3 is 9.84 Å². The topological polar surface area (TPSA) is 29.5 Å². The molecule has 0 saturated heterocycles. The minimum absolute atomic E-state index is 0.129. The first kappa shape index (κ1) is 12.0. The summed E-state index contributed by atoms with van der Waals surface area (Å²) in [7, 11) is 1.62. The average molecular weight is 222 g/mol. The molecule has 2 nitrogen and oxygen atoms in total. The molecule has 0 radical (unpaired) electrons. The monoisotopic (exact) mass is 222 g/mol. The Labute approximate surface area is 94.7 Å². The van der Waals surface area contributed by atoms with Crippen LogP contribution in [0.1, 0.15) is 11.1 Å². The van der Waals surface area contributed by atoms with Gasteiger partial charge in [-0.2, -0.15) is 11.8 Å². The summed E-state index contributed by atoms with van der Waals surface area (Å²) in [6, 6.07) is 5.93. The predicted molar refractivity (Wildman–Crippen MR) is 64.2 cm³/mol. The van der Waals surface area contributed by atoms with Gasteiger partial charge in [0.25, 0.3) is 0 Å². The maximum Gasteiger partial charge on any atom is 0.134 e. The molecule has 3 heteroatoms. The molecule has 0 atom stereocenters. The Morgan fingerprint density at radius 2 is 2.27 bits per heavy atom. The summed E-state index contributed by atoms with van der Waals surface area (Å²) >= 11 is 1.76. The van der Waals surface area contributed by atoms with Crippen LogP contribution in [-0.4, -0.2) is 25.1 Å². The molecule has 1 aromatic rings. The average Bonchev–Trinajstić information content (AvgIpc) is 2.27. The zero-order valence-corrected chi connectivity index (χ0v) is 9.73. The molecular weight excluding hydrogens is 208 g/mol. The molecule has 1 N–H and O–H groups in total. The fourth-order valence-corrected chi connectivity index (χ4v) is 1.76. The van der Waals surface area contributed by atoms with Crippen LogP contribution >= 0.6 is 11.8 Å². The second kappa shape index (κ2) is 6.39. The largest absolute Gasteiger partial charge is 0.495 e. The van der Waals surface area contributed by atoms with E-state index in [4.69, 9.17) is 9.84 Å². The van der Waals surface area contributed by atoms with Gasteiger partial charge in [-0.05, 0) is 24.0 Å². The molecule has 0 bridgehead atoms. The van der Waals surface area contributed by atoms with Crippen molar-refractivity contribution in [2.45, 2.75) is 5.75 Å². The van der Waals surface area contributed by atoms with Crippen LogP contribution in [0.3, 0.4) is 0 Å². The Balaban J connectivity index is 3.01. The van der Waals surface area contributed by atoms with Gasteiger partial charge in [0.1, 0.15) is 12.4 Å². The predicted octanol–water partition coefficient (Wildman–Crippen LogP) is 1.90. The first-order valence-electron chi connectivity index (χ1n) is 4.57. The van der Waals surface area contributed by atoms with Gasteiger partial charge in [0.05, 0.1) is 12.7 Å². The normalized spacial score (nSPS) is 9.27. The highest BCUT2D eigenvalue weighted by molar-refractivity contribution is 7.97. The molecule has 0 aliphatic carbocycles. The Bertz CT molecular complexity index is 377. The van der Waals surface area contributed by atoms with Gasteiger partial charge in [0, 0.05) is 5.75 Å². The van der Waals surface area contributed by atoms with Crippen LogP contribution in [0, 0.1) is 11.8 Å². The van der Waals surface area contributed by atoms with Crippen molar-refractivity contribution in [1.29, 1.82) is 0 Å². The molecular formula is C12H14O2S. The Hall–Kier alpha value is -1.11. The van der Waals surface area contributed by atoms with Crippen molar-refractivity contribution in [2.75, 3.05) is 20.0 Å². The highest BCUT2D eigenvalue weighted by atomic mass is 32.2. The maximum atomic E-state index is 8.65. The van der Waals surface area contributed by atoms with Crippen LogP contribution in [0.4, 0.5) is 0 Å². The van der Waals surface area contributed by atoms with Gasteiger partial charge in [0.15, 0.2) is 0 Å². The van der Waals surface area contributed by atoms with E-state index in [1.165, 1.54) is 5.56 Å². The first-order valence-corrected chi connectivity index (χ1v) is 5.96. The molecule has 0 unspecified atom stereocenters. The van der Waals surface area contributed by atoms with Gasteiger partial charge in [-0.25, -0.2) is 0 Å². The summed E-state index contributed by atoms with van der Waals surface area (Å²) < 4.78 is 5.18. The van der Waals surface area contributed by atoms with Crippen molar-refractivity contribution in [3.05, 3.63) is 29.3 Å². The summed E-state index contributed by atoms with van der Waals surface area (Å²) in [6.45, 7) is -0.129. The van der Waals surface area contributed by atoms with E-state index in [1.54, 1.807) is 18.9 Å². The molecule has 0 fully saturated rings. The number of thioether (sulfide) groups is 1. The van der Waals surface area contributed by atoms with E-state index in [0.717, 1.165) is 17.1 Å². The molecule has 0 aromatic heterocycles. The number of hydrogen-bond donors (Lipinski definition) is 1. The maximum absolute atomic E-state index is 8.65. The lowest BCUT2D eigenvalue weighted by molar-refractivity contribution is 0.350. The minimum Gasteiger partial charge on any atom is -0.495 e. The van der Waals surface area contributed by atoms with Crippen molar-refractivity contribution in [2.24, 2.45) is 0 Å². The number of aliphatic hydroxyl groups is 1. The Kier molecular flexibility index (Phi) is 5.09. The highest BCUT2D eigenvalue weighted by Gasteiger charge is 2.01. The minimum atomic E-state index is -0.129. The molecule has 80 valence electrons. The van der Waals surface area contributed by atoms with Crippen molar-refractivity contribution < 1.29 is 9.84 Å². The van der Waals surface area contributed by atoms with Crippen LogP contribution < -0.4 is 4.74 Å². The van der Waals surface area contributed by atoms with E-state index in [1.807, 2.05) is 18.2 Å². The Morgan fingerprint density at radius 1 is 1.47 bits per heavy atom. The number of aliphatic hydroxyl groups excluding tert-OH is 1. The summed E-state index contributed by atoms with van der Waals surface area (Å²) in [5.74, 6) is 7.21. The van der Waals surface area contributed by atoms with Crippen LogP contribution in [-0.2, 0) is 5.75 Å². The van der Waals surface area contributed by atoms with Crippen molar-refractivity contribution >= 4 is 11.8 Å². The fraction of sp³-hybridized carbons (Fsp3) is 0.333. The third kappa shape index (κ3) is 3.50. The number of hydrogen-bond acceptors (Lipinski definition) is 3. The van der Waals surface area contributed by atoms with Crippen LogP contribution in [0.5, 0.6) is 5.75 Å². The van der Waals surface area contributed by atoms with Gasteiger partial charge in [0.2, 0.25) is 0 Å². The van der Waals surface area contributed by atoms with E-state index in [2.05, 4.69) is 18.1 Å². The van der Waals surface area contributed by atoms with Crippen molar-refractivity contribution in [3.8, 4) is 17.6 Å².